The van der Waals surface area contributed by atoms with E-state index in [2.05, 4.69) is 16.8 Å². The van der Waals surface area contributed by atoms with Crippen LogP contribution in [0.3, 0.4) is 0 Å². The fourth-order valence-corrected chi connectivity index (χ4v) is 2.20. The number of rotatable bonds is 4. The molecule has 0 aromatic carbocycles. The van der Waals surface area contributed by atoms with E-state index >= 15 is 0 Å². The van der Waals surface area contributed by atoms with Crippen LogP contribution in [0.15, 0.2) is 18.3 Å². The number of carbonyl (C=O) groups is 1. The van der Waals surface area contributed by atoms with E-state index in [1.165, 1.54) is 0 Å². The monoisotopic (exact) mass is 250 g/mol. The molecule has 98 valence electrons. The van der Waals surface area contributed by atoms with Gasteiger partial charge in [0.1, 0.15) is 5.69 Å². The number of carboxylic acids is 1. The Bertz CT molecular complexity index is 422. The summed E-state index contributed by atoms with van der Waals surface area (Å²) in [6.45, 7) is 5.29. The lowest BCUT2D eigenvalue weighted by molar-refractivity contribution is -0.0127. The first kappa shape index (κ1) is 13.0. The minimum Gasteiger partial charge on any atom is -0.477 e. The lowest BCUT2D eigenvalue weighted by Crippen LogP contribution is -2.44. The van der Waals surface area contributed by atoms with E-state index in [0.29, 0.717) is 6.04 Å². The maximum Gasteiger partial charge on any atom is 0.354 e. The summed E-state index contributed by atoms with van der Waals surface area (Å²) in [6, 6.07) is 3.93. The molecule has 1 aliphatic heterocycles. The van der Waals surface area contributed by atoms with Crippen LogP contribution in [0.4, 0.5) is 0 Å². The first-order chi connectivity index (χ1) is 8.70. The first-order valence-corrected chi connectivity index (χ1v) is 6.20. The normalized spacial score (nSPS) is 20.8. The molecule has 0 spiro atoms. The number of ether oxygens (including phenoxy) is 1. The summed E-state index contributed by atoms with van der Waals surface area (Å²) in [5, 5.41) is 8.92. The average molecular weight is 250 g/mol. The molecule has 2 rings (SSSR count). The van der Waals surface area contributed by atoms with Gasteiger partial charge in [0, 0.05) is 25.3 Å². The Morgan fingerprint density at radius 2 is 2.50 bits per heavy atom. The van der Waals surface area contributed by atoms with Gasteiger partial charge in [-0.3, -0.25) is 4.90 Å². The Morgan fingerprint density at radius 1 is 1.67 bits per heavy atom. The number of aromatic carboxylic acids is 1. The van der Waals surface area contributed by atoms with Crippen molar-refractivity contribution >= 4 is 5.97 Å². The van der Waals surface area contributed by atoms with Crippen LogP contribution < -0.4 is 0 Å². The van der Waals surface area contributed by atoms with E-state index in [4.69, 9.17) is 9.84 Å². The molecule has 1 atom stereocenters. The Morgan fingerprint density at radius 3 is 3.22 bits per heavy atom. The Kier molecular flexibility index (Phi) is 4.28. The second kappa shape index (κ2) is 5.93. The van der Waals surface area contributed by atoms with Crippen LogP contribution in [-0.4, -0.2) is 46.8 Å². The molecule has 1 unspecified atom stereocenters. The van der Waals surface area contributed by atoms with Gasteiger partial charge in [-0.05, 0) is 24.1 Å². The largest absolute Gasteiger partial charge is 0.477 e. The third-order valence-corrected chi connectivity index (χ3v) is 3.25. The summed E-state index contributed by atoms with van der Waals surface area (Å²) in [7, 11) is 0. The molecule has 1 aromatic rings. The summed E-state index contributed by atoms with van der Waals surface area (Å²) in [5.41, 5.74) is 1.09. The summed E-state index contributed by atoms with van der Waals surface area (Å²) >= 11 is 0. The van der Waals surface area contributed by atoms with Crippen molar-refractivity contribution in [2.24, 2.45) is 0 Å². The minimum atomic E-state index is -0.981. The second-order valence-corrected chi connectivity index (χ2v) is 4.46. The van der Waals surface area contributed by atoms with Crippen LogP contribution >= 0.6 is 0 Å². The zero-order chi connectivity index (χ0) is 13.0. The van der Waals surface area contributed by atoms with Gasteiger partial charge in [0.15, 0.2) is 0 Å². The van der Waals surface area contributed by atoms with Crippen molar-refractivity contribution in [3.63, 3.8) is 0 Å². The molecule has 5 heteroatoms. The maximum atomic E-state index is 10.9. The van der Waals surface area contributed by atoms with Crippen LogP contribution in [0.5, 0.6) is 0 Å². The molecule has 18 heavy (non-hydrogen) atoms. The first-order valence-electron chi connectivity index (χ1n) is 6.20. The van der Waals surface area contributed by atoms with Gasteiger partial charge >= 0.3 is 5.97 Å². The van der Waals surface area contributed by atoms with Crippen molar-refractivity contribution in [3.8, 4) is 0 Å². The summed E-state index contributed by atoms with van der Waals surface area (Å²) in [6.07, 6.45) is 2.59. The predicted octanol–water partition coefficient (Wildman–Crippen LogP) is 1.39. The van der Waals surface area contributed by atoms with Gasteiger partial charge in [0.25, 0.3) is 0 Å². The standard InChI is InChI=1S/C13H18N2O3/c1-2-11-9-18-6-5-15(11)8-10-3-4-14-12(7-10)13(16)17/h3-4,7,11H,2,5-6,8-9H2,1H3,(H,16,17). The molecule has 1 aromatic heterocycles. The van der Waals surface area contributed by atoms with Crippen LogP contribution in [-0.2, 0) is 11.3 Å². The maximum absolute atomic E-state index is 10.9. The summed E-state index contributed by atoms with van der Waals surface area (Å²) in [5.74, 6) is -0.981. The molecule has 5 nitrogen and oxygen atoms in total. The van der Waals surface area contributed by atoms with Crippen molar-refractivity contribution in [1.29, 1.82) is 0 Å². The highest BCUT2D eigenvalue weighted by Crippen LogP contribution is 2.14. The SMILES string of the molecule is CCC1COCCN1Cc1ccnc(C(=O)O)c1. The quantitative estimate of drug-likeness (QED) is 0.875. The molecular weight excluding hydrogens is 232 g/mol. The van der Waals surface area contributed by atoms with Gasteiger partial charge in [-0.25, -0.2) is 9.78 Å². The van der Waals surface area contributed by atoms with Crippen LogP contribution in [0.1, 0.15) is 29.4 Å². The zero-order valence-electron chi connectivity index (χ0n) is 10.5. The molecule has 0 saturated carbocycles. The Hall–Kier alpha value is -1.46. The number of hydrogen-bond acceptors (Lipinski definition) is 4. The van der Waals surface area contributed by atoms with Gasteiger partial charge < -0.3 is 9.84 Å². The number of carboxylic acid groups (broad SMARTS) is 1. The fraction of sp³-hybridized carbons (Fsp3) is 0.538. The van der Waals surface area contributed by atoms with Crippen LogP contribution in [0.25, 0.3) is 0 Å². The molecule has 1 N–H and O–H groups in total. The molecule has 0 amide bonds. The number of hydrogen-bond donors (Lipinski definition) is 1. The van der Waals surface area contributed by atoms with Gasteiger partial charge in [0.05, 0.1) is 13.2 Å². The number of aromatic nitrogens is 1. The second-order valence-electron chi connectivity index (χ2n) is 4.46. The smallest absolute Gasteiger partial charge is 0.354 e. The van der Waals surface area contributed by atoms with Crippen molar-refractivity contribution in [3.05, 3.63) is 29.6 Å². The molecule has 2 heterocycles. The predicted molar refractivity (Wildman–Crippen MR) is 66.5 cm³/mol. The van der Waals surface area contributed by atoms with Crippen molar-refractivity contribution < 1.29 is 14.6 Å². The topological polar surface area (TPSA) is 62.7 Å². The summed E-state index contributed by atoms with van der Waals surface area (Å²) < 4.78 is 5.45. The Labute approximate surface area is 106 Å². The van der Waals surface area contributed by atoms with Crippen LogP contribution in [0, 0.1) is 0 Å². The third-order valence-electron chi connectivity index (χ3n) is 3.25. The zero-order valence-corrected chi connectivity index (χ0v) is 10.5. The highest BCUT2D eigenvalue weighted by molar-refractivity contribution is 5.85. The molecule has 1 aliphatic rings. The molecule has 1 saturated heterocycles. The molecule has 1 fully saturated rings. The van der Waals surface area contributed by atoms with Gasteiger partial charge in [-0.15, -0.1) is 0 Å². The molecule has 0 aliphatic carbocycles. The average Bonchev–Trinajstić information content (AvgIpc) is 2.39. The van der Waals surface area contributed by atoms with Crippen LogP contribution in [0.2, 0.25) is 0 Å². The van der Waals surface area contributed by atoms with Crippen molar-refractivity contribution in [1.82, 2.24) is 9.88 Å². The highest BCUT2D eigenvalue weighted by atomic mass is 16.5. The fourth-order valence-electron chi connectivity index (χ4n) is 2.20. The molecular formula is C13H18N2O3. The number of pyridine rings is 1. The Balaban J connectivity index is 2.07. The minimum absolute atomic E-state index is 0.105. The molecule has 0 radical (unpaired) electrons. The highest BCUT2D eigenvalue weighted by Gasteiger charge is 2.21. The van der Waals surface area contributed by atoms with Crippen molar-refractivity contribution in [2.45, 2.75) is 25.9 Å². The van der Waals surface area contributed by atoms with E-state index in [9.17, 15) is 4.79 Å². The van der Waals surface area contributed by atoms with E-state index in [1.54, 1.807) is 12.3 Å². The van der Waals surface area contributed by atoms with E-state index in [1.807, 2.05) is 6.07 Å². The molecule has 0 bridgehead atoms. The third kappa shape index (κ3) is 3.05. The van der Waals surface area contributed by atoms with Gasteiger partial charge in [0.2, 0.25) is 0 Å². The van der Waals surface area contributed by atoms with E-state index in [0.717, 1.165) is 38.3 Å². The van der Waals surface area contributed by atoms with Crippen molar-refractivity contribution in [2.75, 3.05) is 19.8 Å². The number of nitrogens with zero attached hydrogens (tertiary/aromatic N) is 2. The number of morpholine rings is 1. The summed E-state index contributed by atoms with van der Waals surface area (Å²) in [4.78, 5) is 17.0. The van der Waals surface area contributed by atoms with Gasteiger partial charge in [-0.2, -0.15) is 0 Å². The lowest BCUT2D eigenvalue weighted by Gasteiger charge is -2.35. The lowest BCUT2D eigenvalue weighted by atomic mass is 10.1. The van der Waals surface area contributed by atoms with E-state index < -0.39 is 5.97 Å². The van der Waals surface area contributed by atoms with Gasteiger partial charge in [-0.1, -0.05) is 6.92 Å². The van der Waals surface area contributed by atoms with E-state index in [-0.39, 0.29) is 5.69 Å².